The van der Waals surface area contributed by atoms with E-state index < -0.39 is 28.8 Å². The molecule has 1 aliphatic rings. The molecule has 9 heteroatoms. The molecule has 0 bridgehead atoms. The van der Waals surface area contributed by atoms with Crippen LogP contribution in [-0.2, 0) is 19.1 Å². The van der Waals surface area contributed by atoms with Gasteiger partial charge in [-0.05, 0) is 33.6 Å². The number of amides is 1. The number of rotatable bonds is 6. The minimum Gasteiger partial charge on any atom is -0.464 e. The SMILES string of the molecule is CC(C)(C)OC(=O)N1CCCC1C(=O)OCCCO[N+](=O)[O-]. The fourth-order valence-electron chi connectivity index (χ4n) is 2.02. The lowest BCUT2D eigenvalue weighted by Crippen LogP contribution is -2.44. The Morgan fingerprint density at radius 2 is 2.00 bits per heavy atom. The van der Waals surface area contributed by atoms with E-state index in [4.69, 9.17) is 9.47 Å². The van der Waals surface area contributed by atoms with Gasteiger partial charge in [0.15, 0.2) is 0 Å². The third kappa shape index (κ3) is 6.15. The Morgan fingerprint density at radius 3 is 2.59 bits per heavy atom. The van der Waals surface area contributed by atoms with Crippen LogP contribution in [0.1, 0.15) is 40.0 Å². The van der Waals surface area contributed by atoms with Crippen LogP contribution in [0.2, 0.25) is 0 Å². The molecule has 126 valence electrons. The number of hydrogen-bond acceptors (Lipinski definition) is 7. The van der Waals surface area contributed by atoms with Crippen molar-refractivity contribution in [3.8, 4) is 0 Å². The zero-order valence-corrected chi connectivity index (χ0v) is 13.1. The van der Waals surface area contributed by atoms with Crippen molar-refractivity contribution in [3.05, 3.63) is 10.1 Å². The molecular formula is C13H22N2O7. The molecule has 0 aliphatic carbocycles. The second kappa shape index (κ2) is 7.81. The third-order valence-electron chi connectivity index (χ3n) is 2.88. The predicted octanol–water partition coefficient (Wildman–Crippen LogP) is 1.53. The lowest BCUT2D eigenvalue weighted by atomic mass is 10.2. The number of likely N-dealkylation sites (tertiary alicyclic amines) is 1. The van der Waals surface area contributed by atoms with Crippen LogP contribution in [-0.4, -0.2) is 53.5 Å². The summed E-state index contributed by atoms with van der Waals surface area (Å²) >= 11 is 0. The summed E-state index contributed by atoms with van der Waals surface area (Å²) in [7, 11) is 0. The van der Waals surface area contributed by atoms with Gasteiger partial charge in [0.2, 0.25) is 0 Å². The van der Waals surface area contributed by atoms with Crippen LogP contribution >= 0.6 is 0 Å². The van der Waals surface area contributed by atoms with E-state index in [1.54, 1.807) is 20.8 Å². The van der Waals surface area contributed by atoms with Crippen molar-refractivity contribution in [1.29, 1.82) is 0 Å². The van der Waals surface area contributed by atoms with E-state index >= 15 is 0 Å². The van der Waals surface area contributed by atoms with Crippen LogP contribution in [0, 0.1) is 10.1 Å². The van der Waals surface area contributed by atoms with Crippen LogP contribution in [0.25, 0.3) is 0 Å². The number of nitrogens with zero attached hydrogens (tertiary/aromatic N) is 2. The first-order valence-corrected chi connectivity index (χ1v) is 7.14. The predicted molar refractivity (Wildman–Crippen MR) is 74.5 cm³/mol. The molecule has 0 aromatic carbocycles. The Morgan fingerprint density at radius 1 is 1.32 bits per heavy atom. The molecule has 1 saturated heterocycles. The largest absolute Gasteiger partial charge is 0.464 e. The monoisotopic (exact) mass is 318 g/mol. The highest BCUT2D eigenvalue weighted by Gasteiger charge is 2.37. The molecular weight excluding hydrogens is 296 g/mol. The van der Waals surface area contributed by atoms with Crippen LogP contribution in [0.5, 0.6) is 0 Å². The number of carbonyl (C=O) groups is 2. The molecule has 0 radical (unpaired) electrons. The van der Waals surface area contributed by atoms with E-state index in [9.17, 15) is 19.7 Å². The number of carbonyl (C=O) groups excluding carboxylic acids is 2. The molecule has 1 amide bonds. The summed E-state index contributed by atoms with van der Waals surface area (Å²) < 4.78 is 10.3. The van der Waals surface area contributed by atoms with Crippen molar-refractivity contribution in [3.63, 3.8) is 0 Å². The van der Waals surface area contributed by atoms with Crippen molar-refractivity contribution in [2.24, 2.45) is 0 Å². The molecule has 0 spiro atoms. The Labute approximate surface area is 128 Å². The lowest BCUT2D eigenvalue weighted by molar-refractivity contribution is -0.757. The number of esters is 1. The average Bonchev–Trinajstić information content (AvgIpc) is 2.84. The Bertz CT molecular complexity index is 419. The normalized spacial score (nSPS) is 18.0. The molecule has 0 N–H and O–H groups in total. The molecule has 0 saturated carbocycles. The second-order valence-electron chi connectivity index (χ2n) is 5.91. The van der Waals surface area contributed by atoms with Crippen molar-refractivity contribution in [2.45, 2.75) is 51.7 Å². The summed E-state index contributed by atoms with van der Waals surface area (Å²) in [5.41, 5.74) is -0.631. The van der Waals surface area contributed by atoms with E-state index in [0.717, 1.165) is 0 Å². The van der Waals surface area contributed by atoms with E-state index in [-0.39, 0.29) is 19.6 Å². The van der Waals surface area contributed by atoms with Gasteiger partial charge < -0.3 is 14.3 Å². The van der Waals surface area contributed by atoms with Gasteiger partial charge in [-0.2, -0.15) is 0 Å². The minimum atomic E-state index is -0.900. The molecule has 1 aliphatic heterocycles. The molecule has 1 rings (SSSR count). The highest BCUT2D eigenvalue weighted by Crippen LogP contribution is 2.21. The summed E-state index contributed by atoms with van der Waals surface area (Å²) in [5.74, 6) is -0.524. The number of ether oxygens (including phenoxy) is 2. The Hall–Kier alpha value is -2.06. The Kier molecular flexibility index (Phi) is 6.39. The van der Waals surface area contributed by atoms with Gasteiger partial charge in [-0.3, -0.25) is 4.90 Å². The van der Waals surface area contributed by atoms with Gasteiger partial charge in [0.1, 0.15) is 11.6 Å². The van der Waals surface area contributed by atoms with Crippen molar-refractivity contribution in [2.75, 3.05) is 19.8 Å². The van der Waals surface area contributed by atoms with E-state index in [0.29, 0.717) is 19.4 Å². The highest BCUT2D eigenvalue weighted by atomic mass is 16.9. The quantitative estimate of drug-likeness (QED) is 0.316. The molecule has 1 atom stereocenters. The lowest BCUT2D eigenvalue weighted by Gasteiger charge is -2.27. The van der Waals surface area contributed by atoms with E-state index in [2.05, 4.69) is 4.84 Å². The molecule has 22 heavy (non-hydrogen) atoms. The summed E-state index contributed by atoms with van der Waals surface area (Å²) in [6.45, 7) is 5.57. The first-order valence-electron chi connectivity index (χ1n) is 7.14. The maximum absolute atomic E-state index is 12.0. The average molecular weight is 318 g/mol. The molecule has 0 aromatic rings. The zero-order chi connectivity index (χ0) is 16.8. The number of hydrogen-bond donors (Lipinski definition) is 0. The molecule has 0 aromatic heterocycles. The molecule has 1 unspecified atom stereocenters. The summed E-state index contributed by atoms with van der Waals surface area (Å²) in [6, 6.07) is -0.661. The first-order chi connectivity index (χ1) is 10.2. The van der Waals surface area contributed by atoms with Gasteiger partial charge in [0, 0.05) is 13.0 Å². The van der Waals surface area contributed by atoms with Crippen LogP contribution in [0.3, 0.4) is 0 Å². The van der Waals surface area contributed by atoms with Crippen molar-refractivity contribution < 1.29 is 29.0 Å². The van der Waals surface area contributed by atoms with Crippen LogP contribution in [0.4, 0.5) is 4.79 Å². The van der Waals surface area contributed by atoms with E-state index in [1.165, 1.54) is 4.90 Å². The minimum absolute atomic E-state index is 0.00529. The van der Waals surface area contributed by atoms with Gasteiger partial charge >= 0.3 is 12.1 Å². The topological polar surface area (TPSA) is 108 Å². The molecule has 9 nitrogen and oxygen atoms in total. The third-order valence-corrected chi connectivity index (χ3v) is 2.88. The van der Waals surface area contributed by atoms with Gasteiger partial charge in [0.05, 0.1) is 13.2 Å². The van der Waals surface area contributed by atoms with Crippen molar-refractivity contribution in [1.82, 2.24) is 4.90 Å². The smallest absolute Gasteiger partial charge is 0.411 e. The first kappa shape index (κ1) is 18.0. The summed E-state index contributed by atoms with van der Waals surface area (Å²) in [5, 5.41) is 9.06. The second-order valence-corrected chi connectivity index (χ2v) is 5.91. The molecule has 1 fully saturated rings. The van der Waals surface area contributed by atoms with Gasteiger partial charge in [-0.25, -0.2) is 9.59 Å². The van der Waals surface area contributed by atoms with Crippen LogP contribution in [0.15, 0.2) is 0 Å². The maximum Gasteiger partial charge on any atom is 0.411 e. The van der Waals surface area contributed by atoms with Gasteiger partial charge in [-0.15, -0.1) is 10.1 Å². The van der Waals surface area contributed by atoms with E-state index in [1.807, 2.05) is 0 Å². The highest BCUT2D eigenvalue weighted by molar-refractivity contribution is 5.82. The fourth-order valence-corrected chi connectivity index (χ4v) is 2.02. The Balaban J connectivity index is 2.40. The van der Waals surface area contributed by atoms with Crippen molar-refractivity contribution >= 4 is 12.1 Å². The zero-order valence-electron chi connectivity index (χ0n) is 13.1. The fraction of sp³-hybridized carbons (Fsp3) is 0.846. The van der Waals surface area contributed by atoms with Gasteiger partial charge in [-0.1, -0.05) is 0 Å². The summed E-state index contributed by atoms with van der Waals surface area (Å²) in [6.07, 6.45) is 0.891. The summed E-state index contributed by atoms with van der Waals surface area (Å²) in [4.78, 5) is 39.4. The maximum atomic E-state index is 12.0. The van der Waals surface area contributed by atoms with Crippen LogP contribution < -0.4 is 0 Å². The molecule has 1 heterocycles. The standard InChI is InChI=1S/C13H22N2O7/c1-13(2,3)22-12(17)14-7-4-6-10(14)11(16)20-8-5-9-21-15(18)19/h10H,4-9H2,1-3H3. The van der Waals surface area contributed by atoms with Gasteiger partial charge in [0.25, 0.3) is 5.09 Å².